The van der Waals surface area contributed by atoms with Crippen LogP contribution in [0.25, 0.3) is 0 Å². The van der Waals surface area contributed by atoms with Gasteiger partial charge in [-0.15, -0.1) is 0 Å². The number of nitrogens with zero attached hydrogens (tertiary/aromatic N) is 4. The molecule has 28 heavy (non-hydrogen) atoms. The fourth-order valence-corrected chi connectivity index (χ4v) is 2.95. The maximum Gasteiger partial charge on any atom is 0.263 e. The van der Waals surface area contributed by atoms with Gasteiger partial charge >= 0.3 is 0 Å². The quantitative estimate of drug-likeness (QED) is 0.505. The summed E-state index contributed by atoms with van der Waals surface area (Å²) in [6.07, 6.45) is 0.786. The Bertz CT molecular complexity index is 969. The third kappa shape index (κ3) is 3.35. The van der Waals surface area contributed by atoms with E-state index in [-0.39, 0.29) is 11.8 Å². The summed E-state index contributed by atoms with van der Waals surface area (Å²) in [5, 5.41) is 12.0. The number of hydrogen-bond donors (Lipinski definition) is 1. The van der Waals surface area contributed by atoms with Crippen LogP contribution < -0.4 is 5.32 Å². The molecule has 0 aromatic heterocycles. The third-order valence-electron chi connectivity index (χ3n) is 4.58. The smallest absolute Gasteiger partial charge is 0.263 e. The van der Waals surface area contributed by atoms with Gasteiger partial charge in [0.1, 0.15) is 6.17 Å². The van der Waals surface area contributed by atoms with Crippen molar-refractivity contribution in [2.75, 3.05) is 12.4 Å². The Hall–Kier alpha value is -3.92. The lowest BCUT2D eigenvalue weighted by molar-refractivity contribution is 0.0496. The minimum absolute atomic E-state index is 0.337. The molecule has 0 aliphatic carbocycles. The van der Waals surface area contributed by atoms with E-state index >= 15 is 0 Å². The van der Waals surface area contributed by atoms with Gasteiger partial charge in [0.15, 0.2) is 0 Å². The number of rotatable bonds is 4. The highest BCUT2D eigenvalue weighted by molar-refractivity contribution is 6.21. The first-order chi connectivity index (χ1) is 13.5. The summed E-state index contributed by atoms with van der Waals surface area (Å²) in [4.78, 5) is 32.6. The van der Waals surface area contributed by atoms with Crippen LogP contribution in [0.3, 0.4) is 0 Å². The number of carbonyl (C=O) groups excluding carboxylic acids is 2. The van der Waals surface area contributed by atoms with Gasteiger partial charge in [-0.2, -0.15) is 5.26 Å². The van der Waals surface area contributed by atoms with Gasteiger partial charge in [-0.3, -0.25) is 14.5 Å². The molecule has 2 aromatic rings. The highest BCUT2D eigenvalue weighted by Gasteiger charge is 2.40. The number of nitriles is 1. The maximum absolute atomic E-state index is 12.7. The molecule has 1 N–H and O–H groups in total. The summed E-state index contributed by atoms with van der Waals surface area (Å²) in [5.41, 5.74) is 2.05. The van der Waals surface area contributed by atoms with Gasteiger partial charge in [-0.25, -0.2) is 4.99 Å². The lowest BCUT2D eigenvalue weighted by Gasteiger charge is -2.33. The first-order valence-corrected chi connectivity index (χ1v) is 8.63. The number of guanidine groups is 1. The monoisotopic (exact) mass is 373 g/mol. The van der Waals surface area contributed by atoms with Crippen molar-refractivity contribution in [1.82, 2.24) is 9.80 Å². The van der Waals surface area contributed by atoms with E-state index in [1.165, 1.54) is 11.1 Å². The molecule has 0 bridgehead atoms. The number of carbonyl (C=O) groups is 2. The van der Waals surface area contributed by atoms with Gasteiger partial charge < -0.3 is 10.2 Å². The van der Waals surface area contributed by atoms with E-state index in [2.05, 4.69) is 23.0 Å². The van der Waals surface area contributed by atoms with Gasteiger partial charge in [0.2, 0.25) is 5.96 Å². The largest absolute Gasteiger partial charge is 0.326 e. The summed E-state index contributed by atoms with van der Waals surface area (Å²) in [6.45, 7) is 5.38. The van der Waals surface area contributed by atoms with Gasteiger partial charge in [-0.05, 0) is 43.3 Å². The van der Waals surface area contributed by atoms with E-state index in [0.717, 1.165) is 0 Å². The summed E-state index contributed by atoms with van der Waals surface area (Å²) in [6, 6.07) is 15.7. The van der Waals surface area contributed by atoms with Crippen molar-refractivity contribution < 1.29 is 9.59 Å². The number of hydrogen-bond acceptors (Lipinski definition) is 4. The van der Waals surface area contributed by atoms with Crippen molar-refractivity contribution in [1.29, 1.82) is 5.26 Å². The van der Waals surface area contributed by atoms with E-state index in [1.807, 2.05) is 0 Å². The first kappa shape index (κ1) is 18.9. The van der Waals surface area contributed by atoms with Gasteiger partial charge in [0, 0.05) is 18.9 Å². The highest BCUT2D eigenvalue weighted by atomic mass is 16.2. The second-order valence-electron chi connectivity index (χ2n) is 6.22. The molecule has 0 radical (unpaired) electrons. The normalized spacial score (nSPS) is 14.3. The van der Waals surface area contributed by atoms with Crippen LogP contribution in [0.4, 0.5) is 5.69 Å². The van der Waals surface area contributed by atoms with Crippen LogP contribution >= 0.6 is 0 Å². The van der Waals surface area contributed by atoms with Crippen molar-refractivity contribution in [3.8, 4) is 6.07 Å². The van der Waals surface area contributed by atoms with Gasteiger partial charge in [-0.1, -0.05) is 18.7 Å². The minimum Gasteiger partial charge on any atom is -0.326 e. The van der Waals surface area contributed by atoms with Crippen molar-refractivity contribution in [3.63, 3.8) is 0 Å². The molecule has 1 unspecified atom stereocenters. The molecule has 1 aliphatic heterocycles. The number of benzene rings is 2. The van der Waals surface area contributed by atoms with E-state index in [0.29, 0.717) is 28.3 Å². The number of fused-ring (bicyclic) bond motifs is 1. The average Bonchev–Trinajstić information content (AvgIpc) is 2.98. The Labute approximate surface area is 163 Å². The molecule has 7 nitrogen and oxygen atoms in total. The van der Waals surface area contributed by atoms with Gasteiger partial charge in [0.05, 0.1) is 22.8 Å². The molecule has 0 saturated carbocycles. The molecule has 0 fully saturated rings. The summed E-state index contributed by atoms with van der Waals surface area (Å²) in [5.74, 6) is -0.267. The lowest BCUT2D eigenvalue weighted by Crippen LogP contribution is -2.51. The van der Waals surface area contributed by atoms with Crippen molar-refractivity contribution in [3.05, 3.63) is 78.0 Å². The Morgan fingerprint density at radius 1 is 1.18 bits per heavy atom. The molecule has 0 spiro atoms. The second kappa shape index (κ2) is 7.76. The third-order valence-corrected chi connectivity index (χ3v) is 4.58. The van der Waals surface area contributed by atoms with E-state index in [4.69, 9.17) is 5.26 Å². The fourth-order valence-electron chi connectivity index (χ4n) is 2.95. The number of aliphatic imine (C=N–C) groups is 1. The summed E-state index contributed by atoms with van der Waals surface area (Å²) < 4.78 is 0. The van der Waals surface area contributed by atoms with Crippen LogP contribution in [0.5, 0.6) is 0 Å². The van der Waals surface area contributed by atoms with E-state index in [9.17, 15) is 9.59 Å². The van der Waals surface area contributed by atoms with E-state index in [1.54, 1.807) is 67.4 Å². The van der Waals surface area contributed by atoms with Crippen molar-refractivity contribution in [2.45, 2.75) is 13.1 Å². The highest BCUT2D eigenvalue weighted by Crippen LogP contribution is 2.25. The maximum atomic E-state index is 12.7. The van der Waals surface area contributed by atoms with Crippen LogP contribution in [0.1, 0.15) is 33.2 Å². The zero-order valence-corrected chi connectivity index (χ0v) is 15.6. The molecule has 2 aromatic carbocycles. The number of anilines is 1. The predicted octanol–water partition coefficient (Wildman–Crippen LogP) is 3.04. The molecule has 2 amide bonds. The van der Waals surface area contributed by atoms with Crippen LogP contribution in [-0.2, 0) is 0 Å². The average molecular weight is 373 g/mol. The standard InChI is InChI=1S/C21H19N5O2/c1-4-23-21(24-16-11-9-15(13-22)10-12-16)25(3)14(2)26-19(27)17-7-5-6-8-18(17)20(26)28/h4-12,14H,1H2,2-3H3,(H,23,24). The molecule has 1 aliphatic rings. The molecule has 1 atom stereocenters. The molecule has 140 valence electrons. The number of nitrogens with one attached hydrogen (secondary N) is 1. The first-order valence-electron chi connectivity index (χ1n) is 8.63. The van der Waals surface area contributed by atoms with Crippen molar-refractivity contribution >= 4 is 23.5 Å². The molecule has 0 saturated heterocycles. The Kier molecular flexibility index (Phi) is 5.23. The Morgan fingerprint density at radius 3 is 2.25 bits per heavy atom. The van der Waals surface area contributed by atoms with Gasteiger partial charge in [0.25, 0.3) is 11.8 Å². The number of imide groups is 1. The summed E-state index contributed by atoms with van der Waals surface area (Å²) in [7, 11) is 1.73. The topological polar surface area (TPSA) is 88.8 Å². The zero-order chi connectivity index (χ0) is 20.3. The minimum atomic E-state index is -0.586. The van der Waals surface area contributed by atoms with Crippen LogP contribution in [0, 0.1) is 11.3 Å². The Balaban J connectivity index is 1.83. The second-order valence-corrected chi connectivity index (χ2v) is 6.22. The zero-order valence-electron chi connectivity index (χ0n) is 15.6. The fraction of sp³-hybridized carbons (Fsp3) is 0.143. The van der Waals surface area contributed by atoms with Crippen LogP contribution in [0.15, 0.2) is 66.3 Å². The predicted molar refractivity (Wildman–Crippen MR) is 107 cm³/mol. The van der Waals surface area contributed by atoms with Crippen LogP contribution in [0.2, 0.25) is 0 Å². The van der Waals surface area contributed by atoms with Crippen LogP contribution in [-0.4, -0.2) is 40.8 Å². The number of amides is 2. The lowest BCUT2D eigenvalue weighted by atomic mass is 10.1. The summed E-state index contributed by atoms with van der Waals surface area (Å²) >= 11 is 0. The molecule has 7 heteroatoms. The SMILES string of the molecule is C=C/N=C(/Nc1ccc(C#N)cc1)N(C)C(C)N1C(=O)c2ccccc2C1=O. The molecular weight excluding hydrogens is 354 g/mol. The van der Waals surface area contributed by atoms with Crippen molar-refractivity contribution in [2.24, 2.45) is 4.99 Å². The van der Waals surface area contributed by atoms with E-state index < -0.39 is 6.17 Å². The Morgan fingerprint density at radius 2 is 1.75 bits per heavy atom. The molecule has 3 rings (SSSR count). The molecule has 1 heterocycles. The molecular formula is C21H19N5O2.